The molecule has 0 spiro atoms. The number of hydrogen-bond donors (Lipinski definition) is 0. The summed E-state index contributed by atoms with van der Waals surface area (Å²) >= 11 is 0. The van der Waals surface area contributed by atoms with Crippen LogP contribution in [0.1, 0.15) is 28.4 Å². The Morgan fingerprint density at radius 3 is 2.48 bits per heavy atom. The lowest BCUT2D eigenvalue weighted by Crippen LogP contribution is -2.00. The van der Waals surface area contributed by atoms with E-state index in [0.29, 0.717) is 5.56 Å². The van der Waals surface area contributed by atoms with Crippen LogP contribution >= 0.6 is 0 Å². The average Bonchev–Trinajstić information content (AvgIpc) is 2.42. The first-order valence-electron chi connectivity index (χ1n) is 6.11. The number of Topliss-reactive ketones (excluding diaryl/α,β-unsaturated/α-hetero) is 1. The fourth-order valence-corrected chi connectivity index (χ4v) is 1.79. The molecule has 106 valence electrons. The van der Waals surface area contributed by atoms with E-state index in [-0.39, 0.29) is 28.4 Å². The predicted octanol–water partition coefficient (Wildman–Crippen LogP) is 4.14. The van der Waals surface area contributed by atoms with E-state index < -0.39 is 11.6 Å². The SMILES string of the molecule is CC(=O)c1cc(F)c(C)cc1Oc1ccc(C#N)c(F)c1. The number of halogens is 2. The number of carbonyl (C=O) groups is 1. The monoisotopic (exact) mass is 287 g/mol. The van der Waals surface area contributed by atoms with Gasteiger partial charge in [-0.25, -0.2) is 8.78 Å². The van der Waals surface area contributed by atoms with Crippen molar-refractivity contribution in [3.05, 3.63) is 58.7 Å². The Morgan fingerprint density at radius 1 is 1.19 bits per heavy atom. The molecule has 0 N–H and O–H groups in total. The lowest BCUT2D eigenvalue weighted by atomic mass is 10.1. The summed E-state index contributed by atoms with van der Waals surface area (Å²) in [6.45, 7) is 2.82. The Balaban J connectivity index is 2.44. The molecule has 0 heterocycles. The van der Waals surface area contributed by atoms with Gasteiger partial charge in [0.25, 0.3) is 0 Å². The van der Waals surface area contributed by atoms with Gasteiger partial charge in [0, 0.05) is 6.07 Å². The van der Waals surface area contributed by atoms with Crippen molar-refractivity contribution >= 4 is 5.78 Å². The lowest BCUT2D eigenvalue weighted by Gasteiger charge is -2.11. The molecule has 0 aromatic heterocycles. The zero-order valence-electron chi connectivity index (χ0n) is 11.4. The van der Waals surface area contributed by atoms with E-state index in [0.717, 1.165) is 12.1 Å². The van der Waals surface area contributed by atoms with Crippen LogP contribution in [0.5, 0.6) is 11.5 Å². The van der Waals surface area contributed by atoms with E-state index in [1.54, 1.807) is 6.07 Å². The summed E-state index contributed by atoms with van der Waals surface area (Å²) in [6, 6.07) is 7.89. The molecule has 0 saturated heterocycles. The Kier molecular flexibility index (Phi) is 3.99. The first kappa shape index (κ1) is 14.7. The maximum absolute atomic E-state index is 13.5. The van der Waals surface area contributed by atoms with Crippen molar-refractivity contribution in [2.24, 2.45) is 0 Å². The van der Waals surface area contributed by atoms with Crippen LogP contribution in [0.3, 0.4) is 0 Å². The van der Waals surface area contributed by atoms with Gasteiger partial charge >= 0.3 is 0 Å². The van der Waals surface area contributed by atoms with Gasteiger partial charge in [0.15, 0.2) is 5.78 Å². The highest BCUT2D eigenvalue weighted by atomic mass is 19.1. The molecule has 0 atom stereocenters. The molecule has 0 radical (unpaired) electrons. The Hall–Kier alpha value is -2.74. The van der Waals surface area contributed by atoms with Crippen LogP contribution in [0.2, 0.25) is 0 Å². The minimum atomic E-state index is -0.724. The predicted molar refractivity (Wildman–Crippen MR) is 72.3 cm³/mol. The first-order chi connectivity index (χ1) is 9.92. The molecule has 2 aromatic carbocycles. The van der Waals surface area contributed by atoms with Gasteiger partial charge in [-0.3, -0.25) is 4.79 Å². The van der Waals surface area contributed by atoms with Crippen LogP contribution in [-0.2, 0) is 0 Å². The highest BCUT2D eigenvalue weighted by Gasteiger charge is 2.14. The van der Waals surface area contributed by atoms with Gasteiger partial charge < -0.3 is 4.74 Å². The topological polar surface area (TPSA) is 50.1 Å². The van der Waals surface area contributed by atoms with Crippen molar-refractivity contribution < 1.29 is 18.3 Å². The molecule has 0 aliphatic rings. The summed E-state index contributed by atoms with van der Waals surface area (Å²) in [4.78, 5) is 11.5. The zero-order valence-corrected chi connectivity index (χ0v) is 11.4. The molecule has 0 saturated carbocycles. The fraction of sp³-hybridized carbons (Fsp3) is 0.125. The van der Waals surface area contributed by atoms with Crippen LogP contribution in [0.15, 0.2) is 30.3 Å². The minimum absolute atomic E-state index is 0.0721. The van der Waals surface area contributed by atoms with Gasteiger partial charge in [-0.15, -0.1) is 0 Å². The van der Waals surface area contributed by atoms with E-state index >= 15 is 0 Å². The highest BCUT2D eigenvalue weighted by molar-refractivity contribution is 5.97. The second-order valence-electron chi connectivity index (χ2n) is 4.51. The van der Waals surface area contributed by atoms with Crippen LogP contribution in [-0.4, -0.2) is 5.78 Å². The van der Waals surface area contributed by atoms with E-state index in [9.17, 15) is 13.6 Å². The van der Waals surface area contributed by atoms with E-state index in [2.05, 4.69) is 0 Å². The lowest BCUT2D eigenvalue weighted by molar-refractivity contribution is 0.101. The molecular weight excluding hydrogens is 276 g/mol. The molecule has 2 aromatic rings. The van der Waals surface area contributed by atoms with Gasteiger partial charge in [0.2, 0.25) is 0 Å². The summed E-state index contributed by atoms with van der Waals surface area (Å²) in [5.74, 6) is -1.33. The van der Waals surface area contributed by atoms with Crippen molar-refractivity contribution in [3.63, 3.8) is 0 Å². The van der Waals surface area contributed by atoms with Crippen molar-refractivity contribution in [2.45, 2.75) is 13.8 Å². The van der Waals surface area contributed by atoms with Crippen molar-refractivity contribution in [1.82, 2.24) is 0 Å². The normalized spacial score (nSPS) is 10.0. The average molecular weight is 287 g/mol. The quantitative estimate of drug-likeness (QED) is 0.797. The summed E-state index contributed by atoms with van der Waals surface area (Å²) in [6.07, 6.45) is 0. The van der Waals surface area contributed by atoms with Crippen LogP contribution < -0.4 is 4.74 Å². The van der Waals surface area contributed by atoms with Gasteiger partial charge in [-0.05, 0) is 43.7 Å². The number of nitrogens with zero attached hydrogens (tertiary/aromatic N) is 1. The van der Waals surface area contributed by atoms with Gasteiger partial charge in [-0.1, -0.05) is 0 Å². The summed E-state index contributed by atoms with van der Waals surface area (Å²) in [5, 5.41) is 8.67. The molecule has 0 aliphatic carbocycles. The van der Waals surface area contributed by atoms with Crippen LogP contribution in [0, 0.1) is 29.9 Å². The van der Waals surface area contributed by atoms with Crippen LogP contribution in [0.25, 0.3) is 0 Å². The van der Waals surface area contributed by atoms with E-state index in [1.807, 2.05) is 0 Å². The summed E-state index contributed by atoms with van der Waals surface area (Å²) in [5.41, 5.74) is 0.274. The largest absolute Gasteiger partial charge is 0.456 e. The van der Waals surface area contributed by atoms with Gasteiger partial charge in [0.1, 0.15) is 29.2 Å². The van der Waals surface area contributed by atoms with Gasteiger partial charge in [-0.2, -0.15) is 5.26 Å². The molecule has 3 nitrogen and oxygen atoms in total. The number of ketones is 1. The number of benzene rings is 2. The number of nitriles is 1. The molecule has 0 fully saturated rings. The number of aryl methyl sites for hydroxylation is 1. The molecule has 5 heteroatoms. The molecule has 21 heavy (non-hydrogen) atoms. The maximum atomic E-state index is 13.5. The van der Waals surface area contributed by atoms with E-state index in [1.165, 1.54) is 32.0 Å². The Bertz CT molecular complexity index is 764. The standard InChI is InChI=1S/C16H11F2NO2/c1-9-5-16(13(10(2)20)7-14(9)17)21-12-4-3-11(8-19)15(18)6-12/h3-7H,1-2H3. The van der Waals surface area contributed by atoms with E-state index in [4.69, 9.17) is 10.00 Å². The fourth-order valence-electron chi connectivity index (χ4n) is 1.79. The molecule has 2 rings (SSSR count). The number of rotatable bonds is 3. The van der Waals surface area contributed by atoms with Crippen molar-refractivity contribution in [1.29, 1.82) is 5.26 Å². The van der Waals surface area contributed by atoms with Crippen LogP contribution in [0.4, 0.5) is 8.78 Å². The smallest absolute Gasteiger partial charge is 0.163 e. The van der Waals surface area contributed by atoms with Crippen molar-refractivity contribution in [2.75, 3.05) is 0 Å². The third-order valence-electron chi connectivity index (χ3n) is 2.93. The third-order valence-corrected chi connectivity index (χ3v) is 2.93. The molecular formula is C16H11F2NO2. The maximum Gasteiger partial charge on any atom is 0.163 e. The van der Waals surface area contributed by atoms with Crippen molar-refractivity contribution in [3.8, 4) is 17.6 Å². The second kappa shape index (κ2) is 5.71. The molecule has 0 amide bonds. The number of carbonyl (C=O) groups excluding carboxylic acids is 1. The number of hydrogen-bond acceptors (Lipinski definition) is 3. The summed E-state index contributed by atoms with van der Waals surface area (Å²) in [7, 11) is 0. The third kappa shape index (κ3) is 3.06. The Morgan fingerprint density at radius 2 is 1.90 bits per heavy atom. The van der Waals surface area contributed by atoms with Gasteiger partial charge in [0.05, 0.1) is 11.1 Å². The molecule has 0 aliphatic heterocycles. The zero-order chi connectivity index (χ0) is 15.6. The minimum Gasteiger partial charge on any atom is -0.456 e. The molecule has 0 bridgehead atoms. The number of ether oxygens (including phenoxy) is 1. The summed E-state index contributed by atoms with van der Waals surface area (Å²) < 4.78 is 32.5. The molecule has 0 unspecified atom stereocenters. The Labute approximate surface area is 120 Å². The first-order valence-corrected chi connectivity index (χ1v) is 6.11. The second-order valence-corrected chi connectivity index (χ2v) is 4.51. The highest BCUT2D eigenvalue weighted by Crippen LogP contribution is 2.29.